The minimum atomic E-state index is 0.235. The quantitative estimate of drug-likeness (QED) is 0.417. The molecule has 5 nitrogen and oxygen atoms in total. The van der Waals surface area contributed by atoms with Crippen LogP contribution in [0.3, 0.4) is 0 Å². The second-order valence-corrected chi connectivity index (χ2v) is 3.00. The van der Waals surface area contributed by atoms with E-state index in [4.69, 9.17) is 10.00 Å². The third-order valence-electron chi connectivity index (χ3n) is 2.13. The van der Waals surface area contributed by atoms with Crippen LogP contribution in [0.1, 0.15) is 16.8 Å². The Morgan fingerprint density at radius 2 is 2.00 bits per heavy atom. The smallest absolute Gasteiger partial charge is 0.292 e. The molecule has 0 aliphatic rings. The molecule has 0 atom stereocenters. The fraction of sp³-hybridized carbons (Fsp3) is 0.300. The van der Waals surface area contributed by atoms with Gasteiger partial charge in [-0.1, -0.05) is 0 Å². The van der Waals surface area contributed by atoms with Crippen LogP contribution in [0.2, 0.25) is 0 Å². The minimum absolute atomic E-state index is 0.235. The molecule has 0 aliphatic carbocycles. The number of isocyanates is 1. The van der Waals surface area contributed by atoms with Crippen molar-refractivity contribution in [2.75, 3.05) is 0 Å². The molecule has 0 aromatic carbocycles. The molecular weight excluding hydrogens is 194 g/mol. The number of aromatic nitrogens is 1. The van der Waals surface area contributed by atoms with Crippen LogP contribution in [0.5, 0.6) is 5.75 Å². The van der Waals surface area contributed by atoms with Crippen molar-refractivity contribution in [2.24, 2.45) is 4.99 Å². The van der Waals surface area contributed by atoms with Crippen LogP contribution in [0, 0.1) is 32.3 Å². The summed E-state index contributed by atoms with van der Waals surface area (Å²) in [5.41, 5.74) is 1.99. The van der Waals surface area contributed by atoms with Crippen LogP contribution < -0.4 is 4.74 Å². The fourth-order valence-electron chi connectivity index (χ4n) is 1.22. The van der Waals surface area contributed by atoms with E-state index in [1.165, 1.54) is 6.08 Å². The summed E-state index contributed by atoms with van der Waals surface area (Å²) in [6.07, 6.45) is 3.01. The van der Waals surface area contributed by atoms with Crippen molar-refractivity contribution in [2.45, 2.75) is 20.8 Å². The third-order valence-corrected chi connectivity index (χ3v) is 2.13. The normalized spacial score (nSPS) is 8.93. The first kappa shape index (κ1) is 10.9. The van der Waals surface area contributed by atoms with E-state index in [0.717, 1.165) is 5.56 Å². The summed E-state index contributed by atoms with van der Waals surface area (Å²) in [7, 11) is 0. The second kappa shape index (κ2) is 4.36. The van der Waals surface area contributed by atoms with Crippen LogP contribution in [-0.2, 0) is 4.79 Å². The maximum absolute atomic E-state index is 10.2. The van der Waals surface area contributed by atoms with Gasteiger partial charge in [-0.05, 0) is 20.8 Å². The zero-order valence-electron chi connectivity index (χ0n) is 8.66. The fourth-order valence-corrected chi connectivity index (χ4v) is 1.22. The number of rotatable bonds is 2. The van der Waals surface area contributed by atoms with Crippen molar-refractivity contribution >= 4 is 11.9 Å². The van der Waals surface area contributed by atoms with Crippen molar-refractivity contribution in [1.82, 2.24) is 4.98 Å². The van der Waals surface area contributed by atoms with E-state index in [0.29, 0.717) is 17.0 Å². The summed E-state index contributed by atoms with van der Waals surface area (Å²) < 4.78 is 4.81. The maximum Gasteiger partial charge on any atom is 0.292 e. The Labute approximate surface area is 87.0 Å². The van der Waals surface area contributed by atoms with Gasteiger partial charge in [-0.15, -0.1) is 10.3 Å². The molecule has 0 saturated carbocycles. The highest BCUT2D eigenvalue weighted by atomic mass is 16.5. The SMILES string of the molecule is Cc1nc(N=C=O)c(C)c(OC#N)c1C. The Balaban J connectivity index is 3.49. The van der Waals surface area contributed by atoms with Gasteiger partial charge in [0.05, 0.1) is 0 Å². The molecule has 0 fully saturated rings. The van der Waals surface area contributed by atoms with Crippen molar-refractivity contribution in [1.29, 1.82) is 5.26 Å². The molecule has 1 rings (SSSR count). The van der Waals surface area contributed by atoms with E-state index < -0.39 is 0 Å². The Morgan fingerprint density at radius 3 is 2.53 bits per heavy atom. The van der Waals surface area contributed by atoms with Crippen molar-refractivity contribution in [3.05, 3.63) is 16.8 Å². The van der Waals surface area contributed by atoms with E-state index in [2.05, 4.69) is 9.98 Å². The molecule has 0 saturated heterocycles. The minimum Gasteiger partial charge on any atom is -0.387 e. The third kappa shape index (κ3) is 2.01. The zero-order chi connectivity index (χ0) is 11.4. The monoisotopic (exact) mass is 203 g/mol. The van der Waals surface area contributed by atoms with E-state index in [9.17, 15) is 4.79 Å². The average molecular weight is 203 g/mol. The molecule has 5 heteroatoms. The highest BCUT2D eigenvalue weighted by Gasteiger charge is 2.13. The van der Waals surface area contributed by atoms with Crippen LogP contribution in [0.15, 0.2) is 4.99 Å². The number of aryl methyl sites for hydroxylation is 1. The first-order valence-electron chi connectivity index (χ1n) is 4.23. The molecule has 0 radical (unpaired) electrons. The van der Waals surface area contributed by atoms with Gasteiger partial charge in [0.25, 0.3) is 6.26 Å². The van der Waals surface area contributed by atoms with Gasteiger partial charge in [0.2, 0.25) is 6.08 Å². The Morgan fingerprint density at radius 1 is 1.33 bits per heavy atom. The summed E-state index contributed by atoms with van der Waals surface area (Å²) in [6.45, 7) is 5.22. The maximum atomic E-state index is 10.2. The highest BCUT2D eigenvalue weighted by molar-refractivity contribution is 5.57. The second-order valence-electron chi connectivity index (χ2n) is 3.00. The zero-order valence-corrected chi connectivity index (χ0v) is 8.66. The van der Waals surface area contributed by atoms with Gasteiger partial charge < -0.3 is 4.74 Å². The molecule has 0 bridgehead atoms. The predicted molar refractivity (Wildman–Crippen MR) is 52.5 cm³/mol. The van der Waals surface area contributed by atoms with Gasteiger partial charge in [-0.25, -0.2) is 9.78 Å². The number of carbonyl (C=O) groups excluding carboxylic acids is 1. The number of aliphatic imine (C=N–C) groups is 1. The molecule has 15 heavy (non-hydrogen) atoms. The first-order chi connectivity index (χ1) is 7.11. The van der Waals surface area contributed by atoms with Gasteiger partial charge in [-0.3, -0.25) is 0 Å². The molecule has 76 valence electrons. The highest BCUT2D eigenvalue weighted by Crippen LogP contribution is 2.30. The molecule has 1 aromatic heterocycles. The molecule has 1 aromatic rings. The van der Waals surface area contributed by atoms with E-state index in [1.807, 2.05) is 0 Å². The first-order valence-corrected chi connectivity index (χ1v) is 4.23. The summed E-state index contributed by atoms with van der Waals surface area (Å²) in [5, 5.41) is 8.48. The molecule has 0 amide bonds. The number of pyridine rings is 1. The van der Waals surface area contributed by atoms with Crippen LogP contribution in [0.4, 0.5) is 5.82 Å². The van der Waals surface area contributed by atoms with Crippen molar-refractivity contribution < 1.29 is 9.53 Å². The summed E-state index contributed by atoms with van der Waals surface area (Å²) >= 11 is 0. The van der Waals surface area contributed by atoms with Crippen molar-refractivity contribution in [3.63, 3.8) is 0 Å². The molecule has 0 aliphatic heterocycles. The lowest BCUT2D eigenvalue weighted by Crippen LogP contribution is -1.96. The van der Waals surface area contributed by atoms with Crippen LogP contribution >= 0.6 is 0 Å². The van der Waals surface area contributed by atoms with Crippen LogP contribution in [-0.4, -0.2) is 11.1 Å². The molecule has 1 heterocycles. The van der Waals surface area contributed by atoms with E-state index >= 15 is 0 Å². The Hall–Kier alpha value is -2.18. The summed E-state index contributed by atoms with van der Waals surface area (Å²) in [5.74, 6) is 0.636. The average Bonchev–Trinajstić information content (AvgIpc) is 2.21. The number of hydrogen-bond donors (Lipinski definition) is 0. The van der Waals surface area contributed by atoms with Gasteiger partial charge in [0, 0.05) is 16.8 Å². The van der Waals surface area contributed by atoms with E-state index in [-0.39, 0.29) is 5.82 Å². The largest absolute Gasteiger partial charge is 0.387 e. The van der Waals surface area contributed by atoms with Crippen LogP contribution in [0.25, 0.3) is 0 Å². The lowest BCUT2D eigenvalue weighted by molar-refractivity contribution is 0.497. The van der Waals surface area contributed by atoms with Gasteiger partial charge in [-0.2, -0.15) is 0 Å². The number of nitrogens with zero attached hydrogens (tertiary/aromatic N) is 3. The topological polar surface area (TPSA) is 75.3 Å². The molecule has 0 N–H and O–H groups in total. The summed E-state index contributed by atoms with van der Waals surface area (Å²) in [6, 6.07) is 0. The summed E-state index contributed by atoms with van der Waals surface area (Å²) in [4.78, 5) is 17.7. The number of hydrogen-bond acceptors (Lipinski definition) is 5. The number of nitriles is 1. The van der Waals surface area contributed by atoms with E-state index in [1.54, 1.807) is 27.0 Å². The lowest BCUT2D eigenvalue weighted by Gasteiger charge is -2.09. The van der Waals surface area contributed by atoms with Gasteiger partial charge in [0.15, 0.2) is 11.6 Å². The lowest BCUT2D eigenvalue weighted by atomic mass is 10.1. The molecular formula is C10H9N3O2. The molecule has 0 spiro atoms. The predicted octanol–water partition coefficient (Wildman–Crippen LogP) is 1.83. The Bertz CT molecular complexity index is 482. The van der Waals surface area contributed by atoms with Crippen molar-refractivity contribution in [3.8, 4) is 12.0 Å². The number of ether oxygens (including phenoxy) is 1. The standard InChI is InChI=1S/C10H9N3O2/c1-6-8(3)13-10(12-5-14)7(2)9(6)15-4-11/h1-3H3. The molecule has 0 unspecified atom stereocenters. The Kier molecular flexibility index (Phi) is 3.17. The van der Waals surface area contributed by atoms with Gasteiger partial charge >= 0.3 is 0 Å². The van der Waals surface area contributed by atoms with Gasteiger partial charge in [0.1, 0.15) is 0 Å².